The van der Waals surface area contributed by atoms with Crippen LogP contribution in [0.1, 0.15) is 52.1 Å². The molecule has 0 spiro atoms. The number of benzene rings is 4. The fraction of sp³-hybridized carbons (Fsp3) is 0.439. The molecular formula is C57H61F10N5O6P2S2. The molecule has 4 heterocycles. The van der Waals surface area contributed by atoms with E-state index >= 15 is 0 Å². The SMILES string of the molecule is COCCN1CCC(Nc2cccc3c(CC(F)(F)F)c(C#CCNc4ccc(P(C)(=O)Cc5cc(NC6CCOCC6)c6sc(C#CCNc7ccc(P(C)(C)=O)cc7OC(F)F)c(CC(F)(F)F)c6c5)cc4OC(F)F)sc23)CC1. The lowest BCUT2D eigenvalue weighted by atomic mass is 10.0. The number of anilines is 4. The van der Waals surface area contributed by atoms with E-state index in [0.29, 0.717) is 69.7 Å². The van der Waals surface area contributed by atoms with Gasteiger partial charge in [0.2, 0.25) is 0 Å². The summed E-state index contributed by atoms with van der Waals surface area (Å²) in [6, 6.07) is 16.5. The number of fused-ring (bicyclic) bond motifs is 2. The Balaban J connectivity index is 1.05. The maximum Gasteiger partial charge on any atom is 0.393 e. The molecule has 8 rings (SSSR count). The molecule has 1 unspecified atom stereocenters. The van der Waals surface area contributed by atoms with E-state index in [1.165, 1.54) is 62.5 Å². The third-order valence-electron chi connectivity index (χ3n) is 13.8. The van der Waals surface area contributed by atoms with E-state index in [4.69, 9.17) is 14.2 Å². The van der Waals surface area contributed by atoms with E-state index in [2.05, 4.69) is 54.6 Å². The Bertz CT molecular complexity index is 3440. The van der Waals surface area contributed by atoms with Gasteiger partial charge in [0.15, 0.2) is 0 Å². The molecule has 2 aliphatic heterocycles. The largest absolute Gasteiger partial charge is 0.433 e. The van der Waals surface area contributed by atoms with Gasteiger partial charge in [-0.1, -0.05) is 35.8 Å². The number of likely N-dealkylation sites (tertiary alicyclic amines) is 1. The van der Waals surface area contributed by atoms with Gasteiger partial charge in [-0.25, -0.2) is 0 Å². The molecule has 0 amide bonds. The summed E-state index contributed by atoms with van der Waals surface area (Å²) in [7, 11) is -4.82. The van der Waals surface area contributed by atoms with Gasteiger partial charge in [0.05, 0.1) is 74.4 Å². The monoisotopic (exact) mass is 1230 g/mol. The van der Waals surface area contributed by atoms with Crippen molar-refractivity contribution in [1.82, 2.24) is 4.90 Å². The van der Waals surface area contributed by atoms with Crippen LogP contribution in [-0.2, 0) is 37.6 Å². The predicted molar refractivity (Wildman–Crippen MR) is 308 cm³/mol. The van der Waals surface area contributed by atoms with E-state index in [9.17, 15) is 53.0 Å². The molecule has 2 aliphatic rings. The maximum atomic E-state index is 14.9. The van der Waals surface area contributed by atoms with Crippen molar-refractivity contribution in [2.75, 3.05) is 101 Å². The maximum absolute atomic E-state index is 14.9. The van der Waals surface area contributed by atoms with Crippen LogP contribution in [0.5, 0.6) is 11.5 Å². The average Bonchev–Trinajstić information content (AvgIpc) is 4.15. The van der Waals surface area contributed by atoms with Crippen LogP contribution in [0.15, 0.2) is 66.7 Å². The van der Waals surface area contributed by atoms with Gasteiger partial charge in [-0.3, -0.25) is 0 Å². The number of ether oxygens (including phenoxy) is 4. The second kappa shape index (κ2) is 26.9. The summed E-state index contributed by atoms with van der Waals surface area (Å²) < 4.78 is 189. The highest BCUT2D eigenvalue weighted by Gasteiger charge is 2.34. The van der Waals surface area contributed by atoms with Crippen molar-refractivity contribution in [3.8, 4) is 35.2 Å². The minimum Gasteiger partial charge on any atom is -0.433 e. The van der Waals surface area contributed by atoms with Gasteiger partial charge in [-0.2, -0.15) is 43.9 Å². The average molecular weight is 1230 g/mol. The van der Waals surface area contributed by atoms with E-state index in [0.717, 1.165) is 55.1 Å². The number of nitrogens with zero attached hydrogens (tertiary/aromatic N) is 1. The molecule has 442 valence electrons. The molecule has 2 aromatic heterocycles. The van der Waals surface area contributed by atoms with Crippen LogP contribution in [0.3, 0.4) is 0 Å². The van der Waals surface area contributed by atoms with Crippen molar-refractivity contribution >= 4 is 90.5 Å². The first-order valence-electron chi connectivity index (χ1n) is 26.2. The highest BCUT2D eigenvalue weighted by atomic mass is 32.1. The van der Waals surface area contributed by atoms with Crippen LogP contribution in [-0.4, -0.2) is 122 Å². The summed E-state index contributed by atoms with van der Waals surface area (Å²) >= 11 is 2.15. The molecule has 0 saturated carbocycles. The fourth-order valence-electron chi connectivity index (χ4n) is 9.85. The summed E-state index contributed by atoms with van der Waals surface area (Å²) in [6.45, 7) is 1.40. The number of piperidine rings is 1. The molecule has 6 aromatic rings. The van der Waals surface area contributed by atoms with Gasteiger partial charge >= 0.3 is 25.6 Å². The summed E-state index contributed by atoms with van der Waals surface area (Å²) in [5.74, 6) is 10.7. The first kappa shape index (κ1) is 62.4. The molecule has 0 aliphatic carbocycles. The second-order valence-corrected chi connectivity index (χ2v) is 28.7. The number of alkyl halides is 10. The third-order valence-corrected chi connectivity index (χ3v) is 20.1. The van der Waals surface area contributed by atoms with Crippen molar-refractivity contribution in [3.05, 3.63) is 93.2 Å². The lowest BCUT2D eigenvalue weighted by Crippen LogP contribution is -2.40. The number of methoxy groups -OCH3 is 1. The molecule has 2 fully saturated rings. The molecule has 82 heavy (non-hydrogen) atoms. The van der Waals surface area contributed by atoms with E-state index in [1.54, 1.807) is 25.3 Å². The lowest BCUT2D eigenvalue weighted by Gasteiger charge is -2.32. The molecular weight excluding hydrogens is 1170 g/mol. The predicted octanol–water partition coefficient (Wildman–Crippen LogP) is 13.6. The minimum absolute atomic E-state index is 0.0239. The molecule has 0 radical (unpaired) electrons. The summed E-state index contributed by atoms with van der Waals surface area (Å²) in [5.41, 5.74) is 1.53. The molecule has 1 atom stereocenters. The zero-order valence-corrected chi connectivity index (χ0v) is 48.6. The van der Waals surface area contributed by atoms with Crippen LogP contribution in [0, 0.1) is 23.7 Å². The van der Waals surface area contributed by atoms with Crippen LogP contribution >= 0.6 is 37.0 Å². The van der Waals surface area contributed by atoms with Gasteiger partial charge in [-0.15, -0.1) is 22.7 Å². The molecule has 25 heteroatoms. The molecule has 4 aromatic carbocycles. The van der Waals surface area contributed by atoms with Crippen LogP contribution in [0.2, 0.25) is 0 Å². The minimum atomic E-state index is -4.70. The Kier molecular flexibility index (Phi) is 20.5. The zero-order valence-electron chi connectivity index (χ0n) is 45.2. The van der Waals surface area contributed by atoms with Crippen molar-refractivity contribution < 1.29 is 72.0 Å². The summed E-state index contributed by atoms with van der Waals surface area (Å²) in [5, 5.41) is 13.8. The number of nitrogens with one attached hydrogen (secondary N) is 4. The number of halogens is 10. The molecule has 0 bridgehead atoms. The van der Waals surface area contributed by atoms with E-state index in [1.807, 2.05) is 6.07 Å². The third kappa shape index (κ3) is 17.0. The quantitative estimate of drug-likeness (QED) is 0.0313. The normalized spacial score (nSPS) is 15.7. The zero-order chi connectivity index (χ0) is 59.0. The van der Waals surface area contributed by atoms with Gasteiger partial charge in [0, 0.05) is 68.8 Å². The van der Waals surface area contributed by atoms with Crippen molar-refractivity contribution in [2.24, 2.45) is 0 Å². The Labute approximate surface area is 476 Å². The Hall–Kier alpha value is -5.64. The first-order valence-corrected chi connectivity index (χ1v) is 32.7. The van der Waals surface area contributed by atoms with Crippen molar-refractivity contribution in [1.29, 1.82) is 0 Å². The topological polar surface area (TPSA) is 122 Å². The van der Waals surface area contributed by atoms with E-state index in [-0.39, 0.29) is 85.8 Å². The summed E-state index contributed by atoms with van der Waals surface area (Å²) in [4.78, 5) is 2.58. The number of rotatable bonds is 21. The summed E-state index contributed by atoms with van der Waals surface area (Å²) in [6.07, 6.45) is -9.22. The Morgan fingerprint density at radius 3 is 1.74 bits per heavy atom. The Morgan fingerprint density at radius 2 is 1.20 bits per heavy atom. The van der Waals surface area contributed by atoms with Crippen LogP contribution in [0.25, 0.3) is 20.2 Å². The highest BCUT2D eigenvalue weighted by molar-refractivity contribution is 7.70. The Morgan fingerprint density at radius 1 is 0.671 bits per heavy atom. The molecule has 11 nitrogen and oxygen atoms in total. The first-order chi connectivity index (χ1) is 38.8. The standard InChI is InChI=1S/C57H61F10N5O6P2S2/c1-75-27-24-72-22-16-36(17-23-72)70-46-9-5-8-40-42(32-56(62,63)64)50(81-52(40)46)10-6-20-69-45-15-13-39(31-49(45)78-55(60)61)80(4,74)34-35-28-41-43(33-57(65,66)67)51(82-53(41)47(29-35)71-37-18-25-76-26-19-37)11-7-21-68-44-14-12-38(79(2,3)73)30-48(44)77-54(58)59/h5,8-9,12-15,28-31,36-37,54-55,68-71H,16-27,32-34H2,1-4H3. The van der Waals surface area contributed by atoms with E-state index < -0.39 is 52.7 Å². The number of hydrogen-bond donors (Lipinski definition) is 4. The number of thiophene rings is 2. The van der Waals surface area contributed by atoms with Gasteiger partial charge in [0.25, 0.3) is 0 Å². The van der Waals surface area contributed by atoms with Crippen molar-refractivity contribution in [2.45, 2.75) is 82.3 Å². The van der Waals surface area contributed by atoms with Gasteiger partial charge < -0.3 is 54.2 Å². The molecule has 4 N–H and O–H groups in total. The molecule has 2 saturated heterocycles. The fourth-order valence-corrected chi connectivity index (χ4v) is 14.9. The second-order valence-electron chi connectivity index (χ2n) is 20.4. The van der Waals surface area contributed by atoms with Gasteiger partial charge in [-0.05, 0) is 128 Å². The number of hydrogen-bond acceptors (Lipinski definition) is 13. The van der Waals surface area contributed by atoms with Crippen LogP contribution < -0.4 is 41.3 Å². The van der Waals surface area contributed by atoms with Crippen molar-refractivity contribution in [3.63, 3.8) is 0 Å². The van der Waals surface area contributed by atoms with Gasteiger partial charge in [0.1, 0.15) is 25.8 Å². The highest BCUT2D eigenvalue weighted by Crippen LogP contribution is 2.49. The van der Waals surface area contributed by atoms with Crippen LogP contribution in [0.4, 0.5) is 66.7 Å². The smallest absolute Gasteiger partial charge is 0.393 e. The lowest BCUT2D eigenvalue weighted by molar-refractivity contribution is -0.127.